The molecule has 13 heavy (non-hydrogen) atoms. The minimum Gasteiger partial charge on any atom is -0.311 e. The van der Waals surface area contributed by atoms with Crippen LogP contribution in [-0.2, 0) is 0 Å². The van der Waals surface area contributed by atoms with Crippen LogP contribution in [0.1, 0.15) is 13.8 Å². The first-order chi connectivity index (χ1) is 5.72. The zero-order chi connectivity index (χ0) is 10.6. The third-order valence-corrected chi connectivity index (χ3v) is 2.03. The summed E-state index contributed by atoms with van der Waals surface area (Å²) in [6, 6.07) is 0. The Morgan fingerprint density at radius 3 is 2.46 bits per heavy atom. The van der Waals surface area contributed by atoms with E-state index in [1.165, 1.54) is 6.20 Å². The van der Waals surface area contributed by atoms with Gasteiger partial charge in [0.2, 0.25) is 0 Å². The van der Waals surface area contributed by atoms with Crippen LogP contribution in [0.3, 0.4) is 0 Å². The molecule has 0 aliphatic carbocycles. The van der Waals surface area contributed by atoms with Crippen molar-refractivity contribution in [3.8, 4) is 0 Å². The molecule has 0 aromatic carbocycles. The Kier molecular flexibility index (Phi) is 4.56. The van der Waals surface area contributed by atoms with Crippen molar-refractivity contribution < 1.29 is 8.78 Å². The zero-order valence-electron chi connectivity index (χ0n) is 7.65. The molecular weight excluding hydrogens is 242 g/mol. The molecule has 0 saturated carbocycles. The Morgan fingerprint density at radius 1 is 1.69 bits per heavy atom. The molecule has 0 fully saturated rings. The molecule has 0 aliphatic rings. The molecule has 0 radical (unpaired) electrons. The molecule has 0 atom stereocenters. The van der Waals surface area contributed by atoms with Gasteiger partial charge in [0.05, 0.1) is 6.54 Å². The lowest BCUT2D eigenvalue weighted by Gasteiger charge is -2.19. The highest BCUT2D eigenvalue weighted by atomic mass is 79.9. The molecule has 0 aliphatic heterocycles. The van der Waals surface area contributed by atoms with E-state index in [-0.39, 0.29) is 0 Å². The topological polar surface area (TPSA) is 29.3 Å². The van der Waals surface area contributed by atoms with Gasteiger partial charge in [0.15, 0.2) is 0 Å². The molecule has 0 spiro atoms. The minimum absolute atomic E-state index is 0.518. The summed E-state index contributed by atoms with van der Waals surface area (Å²) in [5.41, 5.74) is 0.731. The highest BCUT2D eigenvalue weighted by molar-refractivity contribution is 9.11. The summed E-state index contributed by atoms with van der Waals surface area (Å²) in [5, 5.41) is 0.929. The van der Waals surface area contributed by atoms with Crippen molar-refractivity contribution in [2.24, 2.45) is 5.84 Å². The first kappa shape index (κ1) is 12.6. The lowest BCUT2D eigenvalue weighted by molar-refractivity contribution is -0.00318. The van der Waals surface area contributed by atoms with Gasteiger partial charge in [-0.3, -0.25) is 0 Å². The summed E-state index contributed by atoms with van der Waals surface area (Å²) in [4.78, 5) is 0. The van der Waals surface area contributed by atoms with Crippen LogP contribution in [-0.4, -0.2) is 17.5 Å². The van der Waals surface area contributed by atoms with Gasteiger partial charge in [0.25, 0.3) is 5.92 Å². The van der Waals surface area contributed by atoms with E-state index in [1.54, 1.807) is 6.92 Å². The number of nitrogens with zero attached hydrogens (tertiary/aromatic N) is 1. The SMILES string of the molecule is C=C(C)/C(Br)=C\N(N)CC(C)(F)F. The predicted molar refractivity (Wildman–Crippen MR) is 53.3 cm³/mol. The quantitative estimate of drug-likeness (QED) is 0.475. The van der Waals surface area contributed by atoms with E-state index >= 15 is 0 Å². The van der Waals surface area contributed by atoms with Gasteiger partial charge in [-0.15, -0.1) is 0 Å². The number of rotatable bonds is 4. The van der Waals surface area contributed by atoms with E-state index in [1.807, 2.05) is 0 Å². The van der Waals surface area contributed by atoms with Crippen LogP contribution in [0, 0.1) is 0 Å². The third-order valence-electron chi connectivity index (χ3n) is 1.15. The Labute approximate surface area is 85.2 Å². The fraction of sp³-hybridized carbons (Fsp3) is 0.500. The molecule has 0 saturated heterocycles. The van der Waals surface area contributed by atoms with Crippen LogP contribution in [0.25, 0.3) is 0 Å². The maximum atomic E-state index is 12.4. The van der Waals surface area contributed by atoms with Crippen molar-refractivity contribution in [2.75, 3.05) is 6.54 Å². The lowest BCUT2D eigenvalue weighted by atomic mass is 10.3. The summed E-state index contributed by atoms with van der Waals surface area (Å²) in [7, 11) is 0. The minimum atomic E-state index is -2.80. The number of hydrogen-bond donors (Lipinski definition) is 1. The summed E-state index contributed by atoms with van der Waals surface area (Å²) < 4.78 is 25.5. The van der Waals surface area contributed by atoms with Crippen molar-refractivity contribution in [3.05, 3.63) is 22.8 Å². The monoisotopic (exact) mass is 254 g/mol. The molecule has 0 amide bonds. The highest BCUT2D eigenvalue weighted by Gasteiger charge is 2.22. The van der Waals surface area contributed by atoms with E-state index in [0.717, 1.165) is 17.5 Å². The number of hydrogen-bond acceptors (Lipinski definition) is 2. The Morgan fingerprint density at radius 2 is 2.15 bits per heavy atom. The van der Waals surface area contributed by atoms with E-state index in [4.69, 9.17) is 5.84 Å². The second-order valence-corrected chi connectivity index (χ2v) is 3.85. The second-order valence-electron chi connectivity index (χ2n) is 3.00. The van der Waals surface area contributed by atoms with Crippen LogP contribution in [0.2, 0.25) is 0 Å². The molecule has 76 valence electrons. The molecule has 2 nitrogen and oxygen atoms in total. The smallest absolute Gasteiger partial charge is 0.264 e. The van der Waals surface area contributed by atoms with Gasteiger partial charge in [-0.1, -0.05) is 6.58 Å². The van der Waals surface area contributed by atoms with Crippen LogP contribution in [0.5, 0.6) is 0 Å². The highest BCUT2D eigenvalue weighted by Crippen LogP contribution is 2.17. The van der Waals surface area contributed by atoms with Gasteiger partial charge in [-0.05, 0) is 28.4 Å². The van der Waals surface area contributed by atoms with E-state index in [9.17, 15) is 8.78 Å². The summed E-state index contributed by atoms with van der Waals surface area (Å²) in [5.74, 6) is 2.51. The average molecular weight is 255 g/mol. The van der Waals surface area contributed by atoms with E-state index in [2.05, 4.69) is 22.5 Å². The van der Waals surface area contributed by atoms with E-state index < -0.39 is 12.5 Å². The maximum absolute atomic E-state index is 12.4. The standard InChI is InChI=1S/C8H13BrF2N2/c1-6(2)7(9)4-13(12)5-8(3,10)11/h4H,1,5,12H2,2-3H3/b7-4+. The molecule has 0 aromatic rings. The molecule has 0 heterocycles. The largest absolute Gasteiger partial charge is 0.311 e. The third kappa shape index (κ3) is 6.72. The number of alkyl halides is 2. The Hall–Kier alpha value is -0.420. The zero-order valence-corrected chi connectivity index (χ0v) is 9.24. The van der Waals surface area contributed by atoms with Gasteiger partial charge >= 0.3 is 0 Å². The molecule has 2 N–H and O–H groups in total. The molecule has 0 bridgehead atoms. The molecular formula is C8H13BrF2N2. The first-order valence-corrected chi connectivity index (χ1v) is 4.44. The van der Waals surface area contributed by atoms with Gasteiger partial charge in [-0.2, -0.15) is 0 Å². The summed E-state index contributed by atoms with van der Waals surface area (Å²) in [6.45, 7) is 5.66. The van der Waals surface area contributed by atoms with Crippen molar-refractivity contribution in [1.82, 2.24) is 5.01 Å². The van der Waals surface area contributed by atoms with Gasteiger partial charge in [0.1, 0.15) is 0 Å². The summed E-state index contributed by atoms with van der Waals surface area (Å²) >= 11 is 3.15. The van der Waals surface area contributed by atoms with Crippen molar-refractivity contribution >= 4 is 15.9 Å². The molecule has 0 aromatic heterocycles. The number of hydrazine groups is 1. The average Bonchev–Trinajstić information content (AvgIpc) is 1.81. The maximum Gasteiger partial charge on any atom is 0.264 e. The summed E-state index contributed by atoms with van der Waals surface area (Å²) in [6.07, 6.45) is 1.37. The second kappa shape index (κ2) is 4.72. The van der Waals surface area contributed by atoms with Crippen LogP contribution in [0.15, 0.2) is 22.8 Å². The number of allylic oxidation sites excluding steroid dienone is 2. The number of halogens is 3. The van der Waals surface area contributed by atoms with Gasteiger partial charge in [0, 0.05) is 17.6 Å². The lowest BCUT2D eigenvalue weighted by Crippen LogP contribution is -2.36. The Balaban J connectivity index is 4.23. The molecule has 0 rings (SSSR count). The van der Waals surface area contributed by atoms with Gasteiger partial charge < -0.3 is 5.01 Å². The van der Waals surface area contributed by atoms with Crippen LogP contribution < -0.4 is 5.84 Å². The van der Waals surface area contributed by atoms with Crippen molar-refractivity contribution in [2.45, 2.75) is 19.8 Å². The molecule has 5 heteroatoms. The van der Waals surface area contributed by atoms with Crippen LogP contribution >= 0.6 is 15.9 Å². The first-order valence-electron chi connectivity index (χ1n) is 3.65. The number of nitrogens with two attached hydrogens (primary N) is 1. The van der Waals surface area contributed by atoms with Gasteiger partial charge in [-0.25, -0.2) is 14.6 Å². The Bertz CT molecular complexity index is 221. The molecule has 0 unspecified atom stereocenters. The predicted octanol–water partition coefficient (Wildman–Crippen LogP) is 2.63. The van der Waals surface area contributed by atoms with Crippen LogP contribution in [0.4, 0.5) is 8.78 Å². The fourth-order valence-corrected chi connectivity index (χ4v) is 0.885. The van der Waals surface area contributed by atoms with E-state index in [0.29, 0.717) is 4.48 Å². The normalized spacial score (nSPS) is 12.9. The fourth-order valence-electron chi connectivity index (χ4n) is 0.622. The van der Waals surface area contributed by atoms with Crippen molar-refractivity contribution in [1.29, 1.82) is 0 Å². The van der Waals surface area contributed by atoms with Crippen molar-refractivity contribution in [3.63, 3.8) is 0 Å².